The molecule has 1 aromatic heterocycles. The van der Waals surface area contributed by atoms with E-state index in [1.54, 1.807) is 55.5 Å². The van der Waals surface area contributed by atoms with Gasteiger partial charge in [-0.2, -0.15) is 0 Å². The van der Waals surface area contributed by atoms with Crippen molar-refractivity contribution >= 4 is 27.5 Å². The van der Waals surface area contributed by atoms with E-state index in [-0.39, 0.29) is 28.3 Å². The van der Waals surface area contributed by atoms with Crippen molar-refractivity contribution in [3.05, 3.63) is 95.6 Å². The van der Waals surface area contributed by atoms with Crippen LogP contribution >= 0.6 is 0 Å². The first-order chi connectivity index (χ1) is 15.9. The highest BCUT2D eigenvalue weighted by atomic mass is 32.2. The van der Waals surface area contributed by atoms with Crippen LogP contribution in [0.25, 0.3) is 11.5 Å². The second-order valence-electron chi connectivity index (χ2n) is 7.07. The van der Waals surface area contributed by atoms with E-state index in [4.69, 9.17) is 4.42 Å². The highest BCUT2D eigenvalue weighted by molar-refractivity contribution is 7.91. The van der Waals surface area contributed by atoms with Crippen molar-refractivity contribution in [2.24, 2.45) is 0 Å². The number of hydrogen-bond acceptors (Lipinski definition) is 7. The van der Waals surface area contributed by atoms with Gasteiger partial charge in [-0.3, -0.25) is 14.9 Å². The molecule has 0 aliphatic heterocycles. The zero-order valence-corrected chi connectivity index (χ0v) is 18.4. The van der Waals surface area contributed by atoms with Crippen molar-refractivity contribution in [3.8, 4) is 11.5 Å². The molecule has 0 bridgehead atoms. The summed E-state index contributed by atoms with van der Waals surface area (Å²) < 4.78 is 29.3. The maximum absolute atomic E-state index is 12.5. The lowest BCUT2D eigenvalue weighted by Crippen LogP contribution is -2.12. The van der Waals surface area contributed by atoms with Gasteiger partial charge in [-0.25, -0.2) is 8.42 Å². The Balaban J connectivity index is 1.44. The number of carbonyl (C=O) groups excluding carboxylic acids is 2. The van der Waals surface area contributed by atoms with E-state index in [1.807, 2.05) is 6.07 Å². The smallest absolute Gasteiger partial charge is 0.322 e. The number of ketones is 1. The molecule has 4 rings (SSSR count). The predicted octanol–water partition coefficient (Wildman–Crippen LogP) is 4.01. The quantitative estimate of drug-likeness (QED) is 0.413. The molecule has 4 aromatic rings. The number of aromatic nitrogens is 2. The number of nitrogens with one attached hydrogen (secondary N) is 1. The van der Waals surface area contributed by atoms with E-state index >= 15 is 0 Å². The third-order valence-electron chi connectivity index (χ3n) is 4.93. The molecule has 0 radical (unpaired) electrons. The van der Waals surface area contributed by atoms with Crippen molar-refractivity contribution in [1.29, 1.82) is 0 Å². The molecule has 166 valence electrons. The zero-order valence-electron chi connectivity index (χ0n) is 17.6. The maximum atomic E-state index is 12.5. The van der Waals surface area contributed by atoms with Crippen LogP contribution in [0.4, 0.5) is 6.01 Å². The van der Waals surface area contributed by atoms with Gasteiger partial charge in [-0.1, -0.05) is 54.5 Å². The number of carbonyl (C=O) groups is 2. The average Bonchev–Trinajstić information content (AvgIpc) is 3.32. The van der Waals surface area contributed by atoms with Crippen LogP contribution in [-0.2, 0) is 9.84 Å². The lowest BCUT2D eigenvalue weighted by Gasteiger charge is -2.04. The Bertz CT molecular complexity index is 1390. The Morgan fingerprint density at radius 2 is 1.42 bits per heavy atom. The van der Waals surface area contributed by atoms with Crippen molar-refractivity contribution in [1.82, 2.24) is 10.2 Å². The van der Waals surface area contributed by atoms with Gasteiger partial charge >= 0.3 is 6.01 Å². The van der Waals surface area contributed by atoms with Gasteiger partial charge in [0.2, 0.25) is 5.89 Å². The summed E-state index contributed by atoms with van der Waals surface area (Å²) in [4.78, 5) is 25.2. The second-order valence-corrected chi connectivity index (χ2v) is 9.35. The fourth-order valence-corrected chi connectivity index (χ4v) is 3.94. The second kappa shape index (κ2) is 9.17. The maximum Gasteiger partial charge on any atom is 0.322 e. The third-order valence-corrected chi connectivity index (χ3v) is 6.68. The van der Waals surface area contributed by atoms with E-state index in [9.17, 15) is 18.0 Å². The van der Waals surface area contributed by atoms with Crippen LogP contribution in [0.5, 0.6) is 0 Å². The van der Waals surface area contributed by atoms with Gasteiger partial charge in [0, 0.05) is 22.3 Å². The minimum absolute atomic E-state index is 0.00444. The van der Waals surface area contributed by atoms with Gasteiger partial charge in [0.25, 0.3) is 5.91 Å². The zero-order chi connectivity index (χ0) is 23.4. The molecule has 8 nitrogen and oxygen atoms in total. The Morgan fingerprint density at radius 1 is 0.818 bits per heavy atom. The van der Waals surface area contributed by atoms with Gasteiger partial charge in [-0.05, 0) is 36.4 Å². The highest BCUT2D eigenvalue weighted by Crippen LogP contribution is 2.22. The van der Waals surface area contributed by atoms with Crippen LogP contribution in [0, 0.1) is 0 Å². The molecule has 0 atom stereocenters. The van der Waals surface area contributed by atoms with Crippen molar-refractivity contribution < 1.29 is 22.4 Å². The highest BCUT2D eigenvalue weighted by Gasteiger charge is 2.16. The van der Waals surface area contributed by atoms with Crippen LogP contribution in [0.1, 0.15) is 33.2 Å². The fraction of sp³-hybridized carbons (Fsp3) is 0.0833. The number of sulfone groups is 1. The van der Waals surface area contributed by atoms with E-state index in [0.29, 0.717) is 22.3 Å². The molecular weight excluding hydrogens is 442 g/mol. The average molecular weight is 461 g/mol. The Labute approximate surface area is 190 Å². The molecule has 0 saturated carbocycles. The summed E-state index contributed by atoms with van der Waals surface area (Å²) in [6, 6.07) is 21.0. The molecule has 0 aliphatic carbocycles. The van der Waals surface area contributed by atoms with Crippen LogP contribution in [0.15, 0.2) is 88.2 Å². The summed E-state index contributed by atoms with van der Waals surface area (Å²) in [5, 5.41) is 10.2. The molecule has 3 aromatic carbocycles. The van der Waals surface area contributed by atoms with E-state index in [2.05, 4.69) is 15.5 Å². The standard InChI is InChI=1S/C24H19N3O5S/c1-2-33(30,31)20-14-12-19(13-15-20)23-26-27-24(32-23)25-22(29)18-10-8-17(9-11-18)21(28)16-6-4-3-5-7-16/h3-15H,2H2,1H3,(H,25,27,29). The molecule has 1 N–H and O–H groups in total. The topological polar surface area (TPSA) is 119 Å². The monoisotopic (exact) mass is 461 g/mol. The number of anilines is 1. The normalized spacial score (nSPS) is 11.2. The van der Waals surface area contributed by atoms with Crippen LogP contribution in [0.3, 0.4) is 0 Å². The lowest BCUT2D eigenvalue weighted by molar-refractivity contribution is 0.101. The van der Waals surface area contributed by atoms with Crippen molar-refractivity contribution in [3.63, 3.8) is 0 Å². The van der Waals surface area contributed by atoms with E-state index in [1.165, 1.54) is 24.3 Å². The number of hydrogen-bond donors (Lipinski definition) is 1. The first-order valence-electron chi connectivity index (χ1n) is 10.1. The summed E-state index contributed by atoms with van der Waals surface area (Å²) in [6.45, 7) is 1.57. The largest absolute Gasteiger partial charge is 0.403 e. The molecule has 33 heavy (non-hydrogen) atoms. The Hall–Kier alpha value is -4.11. The van der Waals surface area contributed by atoms with Gasteiger partial charge in [0.15, 0.2) is 15.6 Å². The summed E-state index contributed by atoms with van der Waals surface area (Å²) in [7, 11) is -3.31. The minimum atomic E-state index is -3.31. The number of nitrogens with zero attached hydrogens (tertiary/aromatic N) is 2. The number of rotatable bonds is 7. The van der Waals surface area contributed by atoms with Gasteiger partial charge in [-0.15, -0.1) is 5.10 Å². The Kier molecular flexibility index (Phi) is 6.14. The van der Waals surface area contributed by atoms with Crippen LogP contribution in [0.2, 0.25) is 0 Å². The molecule has 0 saturated heterocycles. The van der Waals surface area contributed by atoms with Gasteiger partial charge in [0.05, 0.1) is 10.6 Å². The third kappa shape index (κ3) is 4.88. The summed E-state index contributed by atoms with van der Waals surface area (Å²) >= 11 is 0. The number of amides is 1. The summed E-state index contributed by atoms with van der Waals surface area (Å²) in [6.07, 6.45) is 0. The fourth-order valence-electron chi connectivity index (χ4n) is 3.06. The van der Waals surface area contributed by atoms with Crippen molar-refractivity contribution in [2.45, 2.75) is 11.8 Å². The predicted molar refractivity (Wildman–Crippen MR) is 122 cm³/mol. The van der Waals surface area contributed by atoms with E-state index < -0.39 is 15.7 Å². The van der Waals surface area contributed by atoms with Gasteiger partial charge in [0.1, 0.15) is 0 Å². The molecule has 9 heteroatoms. The molecule has 1 heterocycles. The van der Waals surface area contributed by atoms with Crippen LogP contribution < -0.4 is 5.32 Å². The van der Waals surface area contributed by atoms with Gasteiger partial charge < -0.3 is 4.42 Å². The molecule has 1 amide bonds. The molecule has 0 spiro atoms. The summed E-state index contributed by atoms with van der Waals surface area (Å²) in [5.74, 6) is -0.477. The minimum Gasteiger partial charge on any atom is -0.403 e. The Morgan fingerprint density at radius 3 is 2.06 bits per heavy atom. The van der Waals surface area contributed by atoms with E-state index in [0.717, 1.165) is 0 Å². The first kappa shape index (κ1) is 22.1. The molecule has 0 unspecified atom stereocenters. The summed E-state index contributed by atoms with van der Waals surface area (Å²) in [5.41, 5.74) is 1.86. The molecule has 0 fully saturated rings. The van der Waals surface area contributed by atoms with Crippen molar-refractivity contribution in [2.75, 3.05) is 11.1 Å². The SMILES string of the molecule is CCS(=O)(=O)c1ccc(-c2nnc(NC(=O)c3ccc(C(=O)c4ccccc4)cc3)o2)cc1. The lowest BCUT2D eigenvalue weighted by atomic mass is 10.0. The molecule has 0 aliphatic rings. The number of benzene rings is 3. The van der Waals surface area contributed by atoms with Crippen LogP contribution in [-0.4, -0.2) is 36.1 Å². The first-order valence-corrected chi connectivity index (χ1v) is 11.7. The molecular formula is C24H19N3O5S.